The third kappa shape index (κ3) is 5.00. The fraction of sp³-hybridized carbons (Fsp3) is 0.500. The van der Waals surface area contributed by atoms with Crippen LogP contribution >= 0.6 is 15.9 Å². The van der Waals surface area contributed by atoms with Crippen LogP contribution in [0.3, 0.4) is 0 Å². The molecule has 7 heteroatoms. The van der Waals surface area contributed by atoms with E-state index in [0.29, 0.717) is 17.3 Å². The summed E-state index contributed by atoms with van der Waals surface area (Å²) in [5.74, 6) is -0.390. The number of hydrogen-bond donors (Lipinski definition) is 2. The molecule has 0 saturated heterocycles. The van der Waals surface area contributed by atoms with Crippen LogP contribution in [0.2, 0.25) is 0 Å². The number of nitrogens with two attached hydrogens (primary N) is 1. The molecule has 1 aromatic rings. The highest BCUT2D eigenvalue weighted by atomic mass is 79.9. The molecule has 0 heterocycles. The van der Waals surface area contributed by atoms with Crippen LogP contribution in [0.15, 0.2) is 22.7 Å². The summed E-state index contributed by atoms with van der Waals surface area (Å²) in [4.78, 5) is 0. The first-order chi connectivity index (χ1) is 8.74. The maximum Gasteiger partial charge on any atom is 0.573 e. The van der Waals surface area contributed by atoms with Gasteiger partial charge in [0, 0.05) is 10.0 Å². The highest BCUT2D eigenvalue weighted by molar-refractivity contribution is 9.10. The van der Waals surface area contributed by atoms with Gasteiger partial charge in [-0.3, -0.25) is 0 Å². The highest BCUT2D eigenvalue weighted by Crippen LogP contribution is 2.33. The van der Waals surface area contributed by atoms with Crippen molar-refractivity contribution in [1.29, 1.82) is 0 Å². The van der Waals surface area contributed by atoms with E-state index in [1.165, 1.54) is 18.2 Å². The standard InChI is InChI=1S/C12H15BrF3NO2/c1-2-3-9(18)11(17)8-6-7(13)4-5-10(8)19-12(14,15)16/h4-6,9,11,18H,2-3,17H2,1H3/t9-,11+/m0/s1. The van der Waals surface area contributed by atoms with Gasteiger partial charge in [0.05, 0.1) is 12.1 Å². The van der Waals surface area contributed by atoms with Crippen molar-refractivity contribution < 1.29 is 23.0 Å². The molecule has 1 aromatic carbocycles. The second kappa shape index (κ2) is 6.58. The van der Waals surface area contributed by atoms with E-state index in [1.807, 2.05) is 6.92 Å². The molecule has 3 nitrogen and oxygen atoms in total. The van der Waals surface area contributed by atoms with Crippen molar-refractivity contribution in [2.75, 3.05) is 0 Å². The van der Waals surface area contributed by atoms with E-state index in [-0.39, 0.29) is 5.56 Å². The third-order valence-corrected chi connectivity index (χ3v) is 3.05. The van der Waals surface area contributed by atoms with Crippen LogP contribution in [0.5, 0.6) is 5.75 Å². The Morgan fingerprint density at radius 2 is 2.05 bits per heavy atom. The first kappa shape index (κ1) is 16.3. The van der Waals surface area contributed by atoms with E-state index in [9.17, 15) is 18.3 Å². The monoisotopic (exact) mass is 341 g/mol. The normalized spacial score (nSPS) is 15.1. The van der Waals surface area contributed by atoms with Crippen molar-refractivity contribution in [3.05, 3.63) is 28.2 Å². The Bertz CT molecular complexity index is 426. The number of benzene rings is 1. The zero-order valence-corrected chi connectivity index (χ0v) is 11.8. The van der Waals surface area contributed by atoms with Crippen molar-refractivity contribution in [1.82, 2.24) is 0 Å². The Morgan fingerprint density at radius 3 is 2.58 bits per heavy atom. The summed E-state index contributed by atoms with van der Waals surface area (Å²) in [6.07, 6.45) is -4.63. The smallest absolute Gasteiger partial charge is 0.405 e. The highest BCUT2D eigenvalue weighted by Gasteiger charge is 2.33. The van der Waals surface area contributed by atoms with Crippen LogP contribution in [-0.4, -0.2) is 17.6 Å². The zero-order chi connectivity index (χ0) is 14.6. The van der Waals surface area contributed by atoms with Gasteiger partial charge < -0.3 is 15.6 Å². The Balaban J connectivity index is 3.06. The summed E-state index contributed by atoms with van der Waals surface area (Å²) in [7, 11) is 0. The topological polar surface area (TPSA) is 55.5 Å². The maximum atomic E-state index is 12.3. The van der Waals surface area contributed by atoms with Crippen LogP contribution in [0.1, 0.15) is 31.4 Å². The van der Waals surface area contributed by atoms with Crippen molar-refractivity contribution in [2.45, 2.75) is 38.3 Å². The zero-order valence-electron chi connectivity index (χ0n) is 10.2. The first-order valence-electron chi connectivity index (χ1n) is 5.73. The summed E-state index contributed by atoms with van der Waals surface area (Å²) in [6.45, 7) is 1.85. The molecule has 0 aromatic heterocycles. The Labute approximate surface area is 117 Å². The molecule has 0 radical (unpaired) electrons. The van der Waals surface area contributed by atoms with Gasteiger partial charge in [0.25, 0.3) is 0 Å². The second-order valence-corrected chi connectivity index (χ2v) is 5.03. The SMILES string of the molecule is CCC[C@H](O)[C@H](N)c1cc(Br)ccc1OC(F)(F)F. The largest absolute Gasteiger partial charge is 0.573 e. The molecule has 0 fully saturated rings. The van der Waals surface area contributed by atoms with Crippen LogP contribution < -0.4 is 10.5 Å². The average molecular weight is 342 g/mol. The summed E-state index contributed by atoms with van der Waals surface area (Å²) in [5, 5.41) is 9.81. The van der Waals surface area contributed by atoms with E-state index in [1.54, 1.807) is 0 Å². The third-order valence-electron chi connectivity index (χ3n) is 2.56. The maximum absolute atomic E-state index is 12.3. The molecule has 0 amide bonds. The number of aliphatic hydroxyl groups is 1. The number of rotatable bonds is 5. The molecule has 0 aliphatic heterocycles. The lowest BCUT2D eigenvalue weighted by Crippen LogP contribution is -2.28. The Hall–Kier alpha value is -0.790. The van der Waals surface area contributed by atoms with E-state index in [2.05, 4.69) is 20.7 Å². The molecule has 0 saturated carbocycles. The van der Waals surface area contributed by atoms with E-state index in [0.717, 1.165) is 0 Å². The van der Waals surface area contributed by atoms with Crippen molar-refractivity contribution in [2.24, 2.45) is 5.73 Å². The molecule has 2 atom stereocenters. The summed E-state index contributed by atoms with van der Waals surface area (Å²) in [5.41, 5.74) is 5.91. The van der Waals surface area contributed by atoms with Gasteiger partial charge >= 0.3 is 6.36 Å². The molecular formula is C12H15BrF3NO2. The molecule has 0 unspecified atom stereocenters. The molecule has 108 valence electrons. The fourth-order valence-corrected chi connectivity index (χ4v) is 2.06. The number of alkyl halides is 3. The Kier molecular flexibility index (Phi) is 5.64. The lowest BCUT2D eigenvalue weighted by Gasteiger charge is -2.22. The van der Waals surface area contributed by atoms with Gasteiger partial charge in [-0.05, 0) is 24.6 Å². The van der Waals surface area contributed by atoms with Gasteiger partial charge in [-0.25, -0.2) is 0 Å². The Morgan fingerprint density at radius 1 is 1.42 bits per heavy atom. The van der Waals surface area contributed by atoms with Gasteiger partial charge in [0.2, 0.25) is 0 Å². The molecular weight excluding hydrogens is 327 g/mol. The first-order valence-corrected chi connectivity index (χ1v) is 6.52. The predicted molar refractivity (Wildman–Crippen MR) is 68.7 cm³/mol. The van der Waals surface area contributed by atoms with Gasteiger partial charge in [-0.15, -0.1) is 13.2 Å². The average Bonchev–Trinajstić information content (AvgIpc) is 2.29. The minimum atomic E-state index is -4.79. The van der Waals surface area contributed by atoms with Crippen molar-refractivity contribution >= 4 is 15.9 Å². The molecule has 19 heavy (non-hydrogen) atoms. The molecule has 0 aliphatic carbocycles. The van der Waals surface area contributed by atoms with Crippen LogP contribution in [0.25, 0.3) is 0 Å². The lowest BCUT2D eigenvalue weighted by atomic mass is 9.98. The van der Waals surface area contributed by atoms with E-state index >= 15 is 0 Å². The second-order valence-electron chi connectivity index (χ2n) is 4.11. The summed E-state index contributed by atoms with van der Waals surface area (Å²) >= 11 is 3.16. The number of halogens is 4. The minimum Gasteiger partial charge on any atom is -0.405 e. The van der Waals surface area contributed by atoms with E-state index in [4.69, 9.17) is 5.73 Å². The number of ether oxygens (including phenoxy) is 1. The van der Waals surface area contributed by atoms with Gasteiger partial charge in [0.15, 0.2) is 0 Å². The van der Waals surface area contributed by atoms with Gasteiger partial charge in [0.1, 0.15) is 5.75 Å². The summed E-state index contributed by atoms with van der Waals surface area (Å²) < 4.78 is 41.4. The quantitative estimate of drug-likeness (QED) is 0.861. The van der Waals surface area contributed by atoms with Crippen LogP contribution in [0.4, 0.5) is 13.2 Å². The van der Waals surface area contributed by atoms with Crippen molar-refractivity contribution in [3.8, 4) is 5.75 Å². The molecule has 0 aliphatic rings. The van der Waals surface area contributed by atoms with E-state index < -0.39 is 24.3 Å². The number of aliphatic hydroxyl groups excluding tert-OH is 1. The lowest BCUT2D eigenvalue weighted by molar-refractivity contribution is -0.275. The molecule has 0 bridgehead atoms. The fourth-order valence-electron chi connectivity index (χ4n) is 1.68. The summed E-state index contributed by atoms with van der Waals surface area (Å²) in [6, 6.07) is 3.08. The van der Waals surface area contributed by atoms with Gasteiger partial charge in [-0.1, -0.05) is 29.3 Å². The van der Waals surface area contributed by atoms with Crippen molar-refractivity contribution in [3.63, 3.8) is 0 Å². The molecule has 1 rings (SSSR count). The number of hydrogen-bond acceptors (Lipinski definition) is 3. The predicted octanol–water partition coefficient (Wildman–Crippen LogP) is 3.51. The van der Waals surface area contributed by atoms with Gasteiger partial charge in [-0.2, -0.15) is 0 Å². The molecule has 0 spiro atoms. The molecule has 3 N–H and O–H groups in total. The minimum absolute atomic E-state index is 0.118. The van der Waals surface area contributed by atoms with Crippen LogP contribution in [-0.2, 0) is 0 Å². The van der Waals surface area contributed by atoms with Crippen LogP contribution in [0, 0.1) is 0 Å².